The van der Waals surface area contributed by atoms with Gasteiger partial charge in [0.15, 0.2) is 5.82 Å². The lowest BCUT2D eigenvalue weighted by Crippen LogP contribution is -2.08. The van der Waals surface area contributed by atoms with Gasteiger partial charge in [-0.1, -0.05) is 28.8 Å². The number of nitrogens with two attached hydrogens (primary N) is 1. The van der Waals surface area contributed by atoms with Gasteiger partial charge in [-0.25, -0.2) is 4.57 Å². The number of aromatic nitrogens is 3. The van der Waals surface area contributed by atoms with Gasteiger partial charge in [-0.15, -0.1) is 5.10 Å². The summed E-state index contributed by atoms with van der Waals surface area (Å²) >= 11 is 6.10. The van der Waals surface area contributed by atoms with Crippen LogP contribution in [0.15, 0.2) is 24.3 Å². The Morgan fingerprint density at radius 2 is 2.12 bits per heavy atom. The summed E-state index contributed by atoms with van der Waals surface area (Å²) < 4.78 is 6.81. The van der Waals surface area contributed by atoms with E-state index in [0.717, 1.165) is 5.69 Å². The fourth-order valence-corrected chi connectivity index (χ4v) is 1.66. The van der Waals surface area contributed by atoms with E-state index in [1.165, 1.54) is 7.11 Å². The van der Waals surface area contributed by atoms with Gasteiger partial charge in [0.25, 0.3) is 0 Å². The third kappa shape index (κ3) is 1.75. The molecule has 0 saturated carbocycles. The van der Waals surface area contributed by atoms with Gasteiger partial charge in [-0.3, -0.25) is 0 Å². The zero-order valence-corrected chi connectivity index (χ0v) is 9.48. The van der Waals surface area contributed by atoms with Gasteiger partial charge >= 0.3 is 6.01 Å². The molecular formula is C10H11ClN4O. The number of hydrogen-bond donors (Lipinski definition) is 1. The van der Waals surface area contributed by atoms with Crippen LogP contribution in [0.1, 0.15) is 5.82 Å². The van der Waals surface area contributed by atoms with Crippen LogP contribution in [0.3, 0.4) is 0 Å². The predicted octanol–water partition coefficient (Wildman–Crippen LogP) is 1.39. The van der Waals surface area contributed by atoms with E-state index < -0.39 is 0 Å². The minimum absolute atomic E-state index is 0.265. The van der Waals surface area contributed by atoms with Crippen LogP contribution >= 0.6 is 11.6 Å². The molecule has 0 radical (unpaired) electrons. The van der Waals surface area contributed by atoms with Crippen molar-refractivity contribution >= 4 is 11.6 Å². The van der Waals surface area contributed by atoms with E-state index in [9.17, 15) is 0 Å². The lowest BCUT2D eigenvalue weighted by molar-refractivity contribution is 0.371. The van der Waals surface area contributed by atoms with Gasteiger partial charge in [-0.2, -0.15) is 0 Å². The maximum Gasteiger partial charge on any atom is 0.321 e. The van der Waals surface area contributed by atoms with Crippen LogP contribution < -0.4 is 10.5 Å². The second-order valence-electron chi connectivity index (χ2n) is 3.09. The molecule has 6 heteroatoms. The molecule has 0 aliphatic heterocycles. The number of benzene rings is 1. The molecule has 0 aliphatic carbocycles. The molecule has 1 aromatic heterocycles. The topological polar surface area (TPSA) is 66.0 Å². The summed E-state index contributed by atoms with van der Waals surface area (Å²) in [5, 5.41) is 8.40. The van der Waals surface area contributed by atoms with Crippen molar-refractivity contribution in [3.8, 4) is 11.7 Å². The molecule has 0 atom stereocenters. The van der Waals surface area contributed by atoms with Crippen LogP contribution in [-0.4, -0.2) is 21.9 Å². The number of halogens is 1. The quantitative estimate of drug-likeness (QED) is 0.878. The molecule has 0 spiro atoms. The number of para-hydroxylation sites is 1. The van der Waals surface area contributed by atoms with Gasteiger partial charge < -0.3 is 10.5 Å². The third-order valence-electron chi connectivity index (χ3n) is 2.16. The summed E-state index contributed by atoms with van der Waals surface area (Å²) in [6.45, 7) is 0.265. The lowest BCUT2D eigenvalue weighted by Gasteiger charge is -2.09. The maximum atomic E-state index is 6.10. The average Bonchev–Trinajstić information content (AvgIpc) is 2.72. The molecule has 1 aromatic carbocycles. The number of nitrogens with zero attached hydrogens (tertiary/aromatic N) is 3. The predicted molar refractivity (Wildman–Crippen MR) is 60.8 cm³/mol. The highest BCUT2D eigenvalue weighted by Crippen LogP contribution is 2.24. The number of methoxy groups -OCH3 is 1. The average molecular weight is 239 g/mol. The summed E-state index contributed by atoms with van der Waals surface area (Å²) in [5.74, 6) is 0.602. The summed E-state index contributed by atoms with van der Waals surface area (Å²) in [5.41, 5.74) is 6.34. The standard InChI is InChI=1S/C10H11ClN4O/c1-16-10-14-13-9(6-12)15(10)8-5-3-2-4-7(8)11/h2-5H,6,12H2,1H3. The maximum absolute atomic E-state index is 6.10. The van der Waals surface area contributed by atoms with E-state index in [1.807, 2.05) is 18.2 Å². The van der Waals surface area contributed by atoms with Crippen molar-refractivity contribution in [2.75, 3.05) is 7.11 Å². The molecule has 0 saturated heterocycles. The van der Waals surface area contributed by atoms with Gasteiger partial charge in [0.1, 0.15) is 0 Å². The van der Waals surface area contributed by atoms with Crippen LogP contribution in [-0.2, 0) is 6.54 Å². The van der Waals surface area contributed by atoms with Gasteiger partial charge in [0.2, 0.25) is 0 Å². The zero-order valence-electron chi connectivity index (χ0n) is 8.72. The van der Waals surface area contributed by atoms with Crippen molar-refractivity contribution in [1.82, 2.24) is 14.8 Å². The summed E-state index contributed by atoms with van der Waals surface area (Å²) in [4.78, 5) is 0. The van der Waals surface area contributed by atoms with Crippen LogP contribution in [0, 0.1) is 0 Å². The Labute approximate surface area is 97.8 Å². The Bertz CT molecular complexity index is 476. The fourth-order valence-electron chi connectivity index (χ4n) is 1.44. The normalized spacial score (nSPS) is 10.4. The van der Waals surface area contributed by atoms with E-state index in [2.05, 4.69) is 10.2 Å². The Balaban J connectivity index is 2.62. The van der Waals surface area contributed by atoms with Crippen molar-refractivity contribution < 1.29 is 4.74 Å². The highest BCUT2D eigenvalue weighted by atomic mass is 35.5. The minimum atomic E-state index is 0.265. The first-order valence-electron chi connectivity index (χ1n) is 4.71. The van der Waals surface area contributed by atoms with E-state index in [-0.39, 0.29) is 6.54 Å². The van der Waals surface area contributed by atoms with Crippen LogP contribution in [0.25, 0.3) is 5.69 Å². The Hall–Kier alpha value is -1.59. The number of hydrogen-bond acceptors (Lipinski definition) is 4. The van der Waals surface area contributed by atoms with E-state index in [1.54, 1.807) is 10.6 Å². The van der Waals surface area contributed by atoms with Gasteiger partial charge in [0.05, 0.1) is 24.4 Å². The molecule has 2 aromatic rings. The van der Waals surface area contributed by atoms with E-state index >= 15 is 0 Å². The van der Waals surface area contributed by atoms with Crippen molar-refractivity contribution in [3.63, 3.8) is 0 Å². The molecule has 5 nitrogen and oxygen atoms in total. The molecule has 1 heterocycles. The molecule has 0 amide bonds. The van der Waals surface area contributed by atoms with Crippen LogP contribution in [0.4, 0.5) is 0 Å². The molecule has 2 N–H and O–H groups in total. The molecule has 0 fully saturated rings. The van der Waals surface area contributed by atoms with Crippen molar-refractivity contribution in [3.05, 3.63) is 35.1 Å². The van der Waals surface area contributed by atoms with Gasteiger partial charge in [0, 0.05) is 0 Å². The largest absolute Gasteiger partial charge is 0.467 e. The first-order valence-corrected chi connectivity index (χ1v) is 5.09. The molecular weight excluding hydrogens is 228 g/mol. The monoisotopic (exact) mass is 238 g/mol. The Morgan fingerprint density at radius 3 is 2.75 bits per heavy atom. The highest BCUT2D eigenvalue weighted by molar-refractivity contribution is 6.32. The zero-order chi connectivity index (χ0) is 11.5. The molecule has 0 bridgehead atoms. The summed E-state index contributed by atoms with van der Waals surface area (Å²) in [6, 6.07) is 7.74. The van der Waals surface area contributed by atoms with Crippen molar-refractivity contribution in [1.29, 1.82) is 0 Å². The van der Waals surface area contributed by atoms with Crippen LogP contribution in [0.2, 0.25) is 5.02 Å². The molecule has 2 rings (SSSR count). The van der Waals surface area contributed by atoms with Gasteiger partial charge in [-0.05, 0) is 12.1 Å². The lowest BCUT2D eigenvalue weighted by atomic mass is 10.3. The molecule has 0 aliphatic rings. The number of rotatable bonds is 3. The van der Waals surface area contributed by atoms with E-state index in [4.69, 9.17) is 22.1 Å². The first kappa shape index (κ1) is 10.9. The highest BCUT2D eigenvalue weighted by Gasteiger charge is 2.14. The Morgan fingerprint density at radius 1 is 1.38 bits per heavy atom. The fraction of sp³-hybridized carbons (Fsp3) is 0.200. The Kier molecular flexibility index (Phi) is 3.07. The first-order chi connectivity index (χ1) is 7.77. The van der Waals surface area contributed by atoms with E-state index in [0.29, 0.717) is 16.9 Å². The van der Waals surface area contributed by atoms with Crippen LogP contribution in [0.5, 0.6) is 6.01 Å². The third-order valence-corrected chi connectivity index (χ3v) is 2.48. The second-order valence-corrected chi connectivity index (χ2v) is 3.50. The molecule has 16 heavy (non-hydrogen) atoms. The minimum Gasteiger partial charge on any atom is -0.467 e. The van der Waals surface area contributed by atoms with Crippen molar-refractivity contribution in [2.24, 2.45) is 5.73 Å². The van der Waals surface area contributed by atoms with Crippen molar-refractivity contribution in [2.45, 2.75) is 6.54 Å². The second kappa shape index (κ2) is 4.51. The summed E-state index contributed by atoms with van der Waals surface area (Å²) in [6.07, 6.45) is 0. The number of ether oxygens (including phenoxy) is 1. The molecule has 0 unspecified atom stereocenters. The summed E-state index contributed by atoms with van der Waals surface area (Å²) in [7, 11) is 1.53. The SMILES string of the molecule is COc1nnc(CN)n1-c1ccccc1Cl. The smallest absolute Gasteiger partial charge is 0.321 e. The molecule has 84 valence electrons.